The van der Waals surface area contributed by atoms with E-state index in [0.717, 1.165) is 0 Å². The minimum Gasteiger partial charge on any atom is -0.460 e. The summed E-state index contributed by atoms with van der Waals surface area (Å²) in [5.74, 6) is -0.119. The molecule has 7 nitrogen and oxygen atoms in total. The van der Waals surface area contributed by atoms with Crippen molar-refractivity contribution in [1.82, 2.24) is 24.8 Å². The molecule has 0 unspecified atom stereocenters. The van der Waals surface area contributed by atoms with Crippen LogP contribution in [0.2, 0.25) is 0 Å². The molecule has 0 aliphatic heterocycles. The third-order valence-corrected chi connectivity index (χ3v) is 2.05. The summed E-state index contributed by atoms with van der Waals surface area (Å²) >= 11 is 1.19. The summed E-state index contributed by atoms with van der Waals surface area (Å²) in [6.45, 7) is 2.02. The average molecular weight is 225 g/mol. The Morgan fingerprint density at radius 2 is 2.53 bits per heavy atom. The van der Waals surface area contributed by atoms with Crippen molar-refractivity contribution in [2.45, 2.75) is 6.92 Å². The van der Waals surface area contributed by atoms with Gasteiger partial charge in [0.05, 0.1) is 6.61 Å². The number of ether oxygens (including phenoxy) is 1. The summed E-state index contributed by atoms with van der Waals surface area (Å²) in [4.78, 5) is 15.2. The van der Waals surface area contributed by atoms with Crippen LogP contribution in [-0.2, 0) is 4.74 Å². The van der Waals surface area contributed by atoms with Crippen LogP contribution in [0.3, 0.4) is 0 Å². The predicted molar refractivity (Wildman–Crippen MR) is 51.2 cm³/mol. The summed E-state index contributed by atoms with van der Waals surface area (Å²) in [6.07, 6.45) is 0. The molecule has 15 heavy (non-hydrogen) atoms. The predicted octanol–water partition coefficient (Wildman–Crippen LogP) is 0.500. The summed E-state index contributed by atoms with van der Waals surface area (Å²) < 4.78 is 8.42. The Balaban J connectivity index is 2.21. The van der Waals surface area contributed by atoms with Crippen LogP contribution in [-0.4, -0.2) is 37.3 Å². The van der Waals surface area contributed by atoms with Gasteiger partial charge in [0.2, 0.25) is 11.6 Å². The molecular formula is C7H7N5O2S. The lowest BCUT2D eigenvalue weighted by Crippen LogP contribution is -2.06. The fourth-order valence-corrected chi connectivity index (χ4v) is 1.36. The fourth-order valence-electron chi connectivity index (χ4n) is 0.929. The van der Waals surface area contributed by atoms with E-state index in [2.05, 4.69) is 24.8 Å². The van der Waals surface area contributed by atoms with Crippen molar-refractivity contribution in [2.24, 2.45) is 0 Å². The van der Waals surface area contributed by atoms with E-state index in [1.54, 1.807) is 12.3 Å². The van der Waals surface area contributed by atoms with E-state index < -0.39 is 5.97 Å². The van der Waals surface area contributed by atoms with Gasteiger partial charge in [-0.1, -0.05) is 4.49 Å². The first-order valence-corrected chi connectivity index (χ1v) is 5.02. The van der Waals surface area contributed by atoms with Crippen LogP contribution in [0.4, 0.5) is 0 Å². The highest BCUT2D eigenvalue weighted by Crippen LogP contribution is 2.11. The van der Waals surface area contributed by atoms with E-state index in [1.165, 1.54) is 11.5 Å². The highest BCUT2D eigenvalue weighted by atomic mass is 32.1. The van der Waals surface area contributed by atoms with Crippen molar-refractivity contribution < 1.29 is 9.53 Å². The van der Waals surface area contributed by atoms with E-state index >= 15 is 0 Å². The van der Waals surface area contributed by atoms with Gasteiger partial charge in [-0.05, 0) is 18.5 Å². The van der Waals surface area contributed by atoms with Gasteiger partial charge < -0.3 is 4.74 Å². The average Bonchev–Trinajstić information content (AvgIpc) is 2.89. The van der Waals surface area contributed by atoms with Gasteiger partial charge in [0.25, 0.3) is 0 Å². The van der Waals surface area contributed by atoms with Crippen molar-refractivity contribution in [1.29, 1.82) is 0 Å². The van der Waals surface area contributed by atoms with Crippen LogP contribution < -0.4 is 0 Å². The number of hydrogen-bond acceptors (Lipinski definition) is 7. The number of carbonyl (C=O) groups is 1. The minimum absolute atomic E-state index is 0.0693. The van der Waals surface area contributed by atoms with Crippen LogP contribution in [0.5, 0.6) is 0 Å². The largest absolute Gasteiger partial charge is 0.460 e. The van der Waals surface area contributed by atoms with Crippen LogP contribution in [0.15, 0.2) is 5.38 Å². The number of rotatable bonds is 3. The smallest absolute Gasteiger partial charge is 0.375 e. The van der Waals surface area contributed by atoms with Gasteiger partial charge >= 0.3 is 5.97 Å². The Kier molecular flexibility index (Phi) is 2.68. The lowest BCUT2D eigenvalue weighted by Gasteiger charge is -1.94. The summed E-state index contributed by atoms with van der Waals surface area (Å²) in [5.41, 5.74) is 0.534. The maximum absolute atomic E-state index is 11.2. The van der Waals surface area contributed by atoms with Crippen LogP contribution in [0.1, 0.15) is 17.5 Å². The lowest BCUT2D eigenvalue weighted by molar-refractivity contribution is 0.0512. The highest BCUT2D eigenvalue weighted by molar-refractivity contribution is 7.03. The van der Waals surface area contributed by atoms with Gasteiger partial charge in [-0.15, -0.1) is 5.10 Å². The molecule has 8 heteroatoms. The molecule has 2 heterocycles. The maximum Gasteiger partial charge on any atom is 0.375 e. The molecule has 78 valence electrons. The molecule has 0 saturated heterocycles. The number of esters is 1. The first-order valence-electron chi connectivity index (χ1n) is 4.18. The zero-order chi connectivity index (χ0) is 10.7. The van der Waals surface area contributed by atoms with Crippen LogP contribution in [0.25, 0.3) is 11.5 Å². The molecule has 0 spiro atoms. The Morgan fingerprint density at radius 3 is 3.20 bits per heavy atom. The molecule has 1 N–H and O–H groups in total. The molecule has 0 fully saturated rings. The number of carbonyl (C=O) groups excluding carboxylic acids is 1. The Morgan fingerprint density at radius 1 is 1.67 bits per heavy atom. The van der Waals surface area contributed by atoms with Gasteiger partial charge in [0, 0.05) is 5.38 Å². The molecule has 0 atom stereocenters. The molecule has 0 aliphatic carbocycles. The van der Waals surface area contributed by atoms with Crippen molar-refractivity contribution in [3.8, 4) is 11.5 Å². The molecule has 2 rings (SSSR count). The van der Waals surface area contributed by atoms with E-state index in [9.17, 15) is 4.79 Å². The van der Waals surface area contributed by atoms with Gasteiger partial charge in [0.1, 0.15) is 5.69 Å². The molecule has 0 saturated carbocycles. The second kappa shape index (κ2) is 4.13. The highest BCUT2D eigenvalue weighted by Gasteiger charge is 2.14. The van der Waals surface area contributed by atoms with Crippen molar-refractivity contribution in [3.05, 3.63) is 11.2 Å². The van der Waals surface area contributed by atoms with Gasteiger partial charge in [0.15, 0.2) is 0 Å². The Bertz CT molecular complexity index is 452. The first kappa shape index (κ1) is 9.71. The fraction of sp³-hybridized carbons (Fsp3) is 0.286. The molecule has 2 aromatic heterocycles. The van der Waals surface area contributed by atoms with Crippen molar-refractivity contribution in [2.75, 3.05) is 6.61 Å². The summed E-state index contributed by atoms with van der Waals surface area (Å²) in [7, 11) is 0. The van der Waals surface area contributed by atoms with Crippen LogP contribution >= 0.6 is 11.5 Å². The molecule has 0 aromatic carbocycles. The van der Waals surface area contributed by atoms with Crippen molar-refractivity contribution in [3.63, 3.8) is 0 Å². The quantitative estimate of drug-likeness (QED) is 0.764. The molecule has 2 aromatic rings. The molecule has 0 bridgehead atoms. The summed E-state index contributed by atoms with van der Waals surface area (Å²) in [6, 6.07) is 0. The second-order valence-electron chi connectivity index (χ2n) is 2.52. The number of H-pyrrole nitrogens is 1. The van der Waals surface area contributed by atoms with E-state index in [-0.39, 0.29) is 5.82 Å². The number of hydrogen-bond donors (Lipinski definition) is 1. The number of nitrogens with one attached hydrogen (secondary N) is 1. The third kappa shape index (κ3) is 1.99. The zero-order valence-electron chi connectivity index (χ0n) is 7.80. The van der Waals surface area contributed by atoms with Crippen LogP contribution in [0, 0.1) is 0 Å². The van der Waals surface area contributed by atoms with E-state index in [0.29, 0.717) is 18.1 Å². The van der Waals surface area contributed by atoms with Gasteiger partial charge in [-0.25, -0.2) is 4.79 Å². The molecule has 0 radical (unpaired) electrons. The van der Waals surface area contributed by atoms with Gasteiger partial charge in [-0.2, -0.15) is 10.1 Å². The number of nitrogens with zero attached hydrogens (tertiary/aromatic N) is 4. The molecular weight excluding hydrogens is 218 g/mol. The topological polar surface area (TPSA) is 93.7 Å². The SMILES string of the molecule is CCOC(=O)c1nc(-c2csnn2)n[nH]1. The summed E-state index contributed by atoms with van der Waals surface area (Å²) in [5, 5.41) is 11.8. The molecule has 0 aliphatic rings. The minimum atomic E-state index is -0.528. The van der Waals surface area contributed by atoms with Crippen molar-refractivity contribution >= 4 is 17.5 Å². The zero-order valence-corrected chi connectivity index (χ0v) is 8.61. The lowest BCUT2D eigenvalue weighted by atomic mass is 10.5. The second-order valence-corrected chi connectivity index (χ2v) is 3.13. The number of aromatic nitrogens is 5. The Labute approximate surface area is 88.7 Å². The standard InChI is InChI=1S/C7H7N5O2S/c1-2-14-7(13)6-8-5(10-11-6)4-3-15-12-9-4/h3H,2H2,1H3,(H,8,10,11). The Hall–Kier alpha value is -1.83. The normalized spacial score (nSPS) is 10.2. The van der Waals surface area contributed by atoms with E-state index in [4.69, 9.17) is 4.74 Å². The van der Waals surface area contributed by atoms with E-state index in [1.807, 2.05) is 0 Å². The number of aromatic amines is 1. The third-order valence-electron chi connectivity index (χ3n) is 1.54. The maximum atomic E-state index is 11.2. The monoisotopic (exact) mass is 225 g/mol. The first-order chi connectivity index (χ1) is 7.31. The van der Waals surface area contributed by atoms with Gasteiger partial charge in [-0.3, -0.25) is 5.10 Å². The molecule has 0 amide bonds.